The lowest BCUT2D eigenvalue weighted by Crippen LogP contribution is -2.06. The Labute approximate surface area is 140 Å². The minimum Gasteiger partial charge on any atom is -0.492 e. The third kappa shape index (κ3) is 4.32. The number of rotatable bonds is 8. The van der Waals surface area contributed by atoms with E-state index in [2.05, 4.69) is 40.2 Å². The molecule has 0 N–H and O–H groups in total. The summed E-state index contributed by atoms with van der Waals surface area (Å²) in [6, 6.07) is 14.5. The number of alkyl halides is 1. The minimum atomic E-state index is 0.509. The van der Waals surface area contributed by atoms with Crippen molar-refractivity contribution in [3.05, 3.63) is 53.6 Å². The Morgan fingerprint density at radius 1 is 0.864 bits per heavy atom. The molecule has 2 aromatic rings. The zero-order valence-electron chi connectivity index (χ0n) is 13.0. The van der Waals surface area contributed by atoms with E-state index in [1.807, 2.05) is 18.2 Å². The SMILES string of the molecule is COCc1cc(-c2ccccc2)cc(COC)c1OCCBr. The van der Waals surface area contributed by atoms with E-state index in [9.17, 15) is 0 Å². The second kappa shape index (κ2) is 8.93. The second-order valence-corrected chi connectivity index (χ2v) is 5.69. The van der Waals surface area contributed by atoms with Crippen molar-refractivity contribution in [3.63, 3.8) is 0 Å². The molecule has 0 bridgehead atoms. The van der Waals surface area contributed by atoms with Gasteiger partial charge >= 0.3 is 0 Å². The standard InChI is InChI=1S/C18H21BrO3/c1-20-12-16-10-15(14-6-4-3-5-7-14)11-17(13-21-2)18(16)22-9-8-19/h3-7,10-11H,8-9,12-13H2,1-2H3. The van der Waals surface area contributed by atoms with Gasteiger partial charge in [0.15, 0.2) is 0 Å². The molecule has 0 aliphatic carbocycles. The molecule has 22 heavy (non-hydrogen) atoms. The molecule has 2 rings (SSSR count). The third-order valence-corrected chi connectivity index (χ3v) is 3.60. The van der Waals surface area contributed by atoms with E-state index in [-0.39, 0.29) is 0 Å². The zero-order valence-corrected chi connectivity index (χ0v) is 14.6. The van der Waals surface area contributed by atoms with Gasteiger partial charge in [0, 0.05) is 30.7 Å². The highest BCUT2D eigenvalue weighted by atomic mass is 79.9. The van der Waals surface area contributed by atoms with Gasteiger partial charge in [0.2, 0.25) is 0 Å². The molecule has 0 saturated heterocycles. The first-order valence-electron chi connectivity index (χ1n) is 7.18. The normalized spacial score (nSPS) is 10.7. The summed E-state index contributed by atoms with van der Waals surface area (Å²) in [5.74, 6) is 0.864. The van der Waals surface area contributed by atoms with E-state index in [1.54, 1.807) is 14.2 Å². The average Bonchev–Trinajstić information content (AvgIpc) is 2.55. The van der Waals surface area contributed by atoms with Gasteiger partial charge in [0.1, 0.15) is 5.75 Å². The first kappa shape index (κ1) is 17.0. The fourth-order valence-electron chi connectivity index (χ4n) is 2.40. The summed E-state index contributed by atoms with van der Waals surface area (Å²) in [7, 11) is 3.39. The van der Waals surface area contributed by atoms with Gasteiger partial charge in [-0.05, 0) is 23.3 Å². The molecule has 0 fully saturated rings. The number of hydrogen-bond donors (Lipinski definition) is 0. The maximum atomic E-state index is 5.91. The van der Waals surface area contributed by atoms with E-state index in [1.165, 1.54) is 5.56 Å². The van der Waals surface area contributed by atoms with E-state index in [4.69, 9.17) is 14.2 Å². The van der Waals surface area contributed by atoms with Crippen LogP contribution in [-0.4, -0.2) is 26.2 Å². The molecule has 0 aliphatic heterocycles. The van der Waals surface area contributed by atoms with Crippen molar-refractivity contribution in [2.75, 3.05) is 26.2 Å². The maximum Gasteiger partial charge on any atom is 0.130 e. The molecule has 0 amide bonds. The van der Waals surface area contributed by atoms with Gasteiger partial charge in [-0.1, -0.05) is 46.3 Å². The predicted molar refractivity (Wildman–Crippen MR) is 92.6 cm³/mol. The Morgan fingerprint density at radius 2 is 1.45 bits per heavy atom. The summed E-state index contributed by atoms with van der Waals surface area (Å²) in [5, 5.41) is 0.784. The molecular formula is C18H21BrO3. The van der Waals surface area contributed by atoms with Crippen LogP contribution in [-0.2, 0) is 22.7 Å². The Balaban J connectivity index is 2.48. The van der Waals surface area contributed by atoms with Gasteiger partial charge in [-0.25, -0.2) is 0 Å². The number of hydrogen-bond acceptors (Lipinski definition) is 3. The van der Waals surface area contributed by atoms with Gasteiger partial charge < -0.3 is 14.2 Å². The zero-order chi connectivity index (χ0) is 15.8. The van der Waals surface area contributed by atoms with E-state index in [0.717, 1.165) is 27.8 Å². The second-order valence-electron chi connectivity index (χ2n) is 4.89. The molecule has 0 aliphatic rings. The fraction of sp³-hybridized carbons (Fsp3) is 0.333. The molecule has 0 unspecified atom stereocenters. The van der Waals surface area contributed by atoms with Crippen molar-refractivity contribution in [3.8, 4) is 16.9 Å². The maximum absolute atomic E-state index is 5.91. The average molecular weight is 365 g/mol. The monoisotopic (exact) mass is 364 g/mol. The van der Waals surface area contributed by atoms with Crippen molar-refractivity contribution < 1.29 is 14.2 Å². The van der Waals surface area contributed by atoms with Crippen molar-refractivity contribution in [1.29, 1.82) is 0 Å². The first-order valence-corrected chi connectivity index (χ1v) is 8.30. The van der Waals surface area contributed by atoms with Crippen LogP contribution >= 0.6 is 15.9 Å². The summed E-state index contributed by atoms with van der Waals surface area (Å²) in [5.41, 5.74) is 4.39. The van der Waals surface area contributed by atoms with Gasteiger partial charge in [-0.2, -0.15) is 0 Å². The minimum absolute atomic E-state index is 0.509. The van der Waals surface area contributed by atoms with E-state index in [0.29, 0.717) is 19.8 Å². The van der Waals surface area contributed by atoms with Crippen LogP contribution in [0.1, 0.15) is 11.1 Å². The lowest BCUT2D eigenvalue weighted by molar-refractivity contribution is 0.171. The molecule has 0 saturated carbocycles. The Bertz CT molecular complexity index is 557. The van der Waals surface area contributed by atoms with Crippen molar-refractivity contribution in [1.82, 2.24) is 0 Å². The van der Waals surface area contributed by atoms with Crippen LogP contribution in [0.5, 0.6) is 5.75 Å². The van der Waals surface area contributed by atoms with Gasteiger partial charge in [0.25, 0.3) is 0 Å². The first-order chi connectivity index (χ1) is 10.8. The molecule has 0 heterocycles. The van der Waals surface area contributed by atoms with Crippen LogP contribution in [0.2, 0.25) is 0 Å². The van der Waals surface area contributed by atoms with Crippen molar-refractivity contribution in [2.24, 2.45) is 0 Å². The summed E-state index contributed by atoms with van der Waals surface area (Å²) in [6.45, 7) is 1.63. The van der Waals surface area contributed by atoms with Crippen molar-refractivity contribution in [2.45, 2.75) is 13.2 Å². The molecule has 0 atom stereocenters. The quantitative estimate of drug-likeness (QED) is 0.648. The number of ether oxygens (including phenoxy) is 3. The lowest BCUT2D eigenvalue weighted by Gasteiger charge is -2.17. The molecule has 0 radical (unpaired) electrons. The van der Waals surface area contributed by atoms with Crippen LogP contribution in [0.4, 0.5) is 0 Å². The summed E-state index contributed by atoms with van der Waals surface area (Å²) >= 11 is 3.40. The van der Waals surface area contributed by atoms with Crippen molar-refractivity contribution >= 4 is 15.9 Å². The van der Waals surface area contributed by atoms with Gasteiger partial charge in [-0.15, -0.1) is 0 Å². The number of methoxy groups -OCH3 is 2. The highest BCUT2D eigenvalue weighted by Gasteiger charge is 2.13. The van der Waals surface area contributed by atoms with Crippen LogP contribution < -0.4 is 4.74 Å². The highest BCUT2D eigenvalue weighted by molar-refractivity contribution is 9.09. The topological polar surface area (TPSA) is 27.7 Å². The molecule has 0 spiro atoms. The number of benzene rings is 2. The highest BCUT2D eigenvalue weighted by Crippen LogP contribution is 2.32. The molecule has 3 nitrogen and oxygen atoms in total. The Kier molecular flexibility index (Phi) is 6.90. The van der Waals surface area contributed by atoms with Gasteiger partial charge in [-0.3, -0.25) is 0 Å². The van der Waals surface area contributed by atoms with Crippen LogP contribution in [0.25, 0.3) is 11.1 Å². The summed E-state index contributed by atoms with van der Waals surface area (Å²) in [6.07, 6.45) is 0. The van der Waals surface area contributed by atoms with Crippen LogP contribution in [0, 0.1) is 0 Å². The molecule has 2 aromatic carbocycles. The Hall–Kier alpha value is -1.36. The van der Waals surface area contributed by atoms with E-state index < -0.39 is 0 Å². The summed E-state index contributed by atoms with van der Waals surface area (Å²) < 4.78 is 16.6. The van der Waals surface area contributed by atoms with Gasteiger partial charge in [0.05, 0.1) is 19.8 Å². The lowest BCUT2D eigenvalue weighted by atomic mass is 9.99. The molecular weight excluding hydrogens is 344 g/mol. The van der Waals surface area contributed by atoms with Crippen LogP contribution in [0.15, 0.2) is 42.5 Å². The van der Waals surface area contributed by atoms with Crippen LogP contribution in [0.3, 0.4) is 0 Å². The fourth-order valence-corrected chi connectivity index (χ4v) is 2.57. The Morgan fingerprint density at radius 3 is 1.95 bits per heavy atom. The largest absolute Gasteiger partial charge is 0.492 e. The number of halogens is 1. The third-order valence-electron chi connectivity index (χ3n) is 3.27. The smallest absolute Gasteiger partial charge is 0.130 e. The predicted octanol–water partition coefficient (Wildman–Crippen LogP) is 4.42. The molecule has 118 valence electrons. The molecule has 4 heteroatoms. The summed E-state index contributed by atoms with van der Waals surface area (Å²) in [4.78, 5) is 0. The van der Waals surface area contributed by atoms with E-state index >= 15 is 0 Å². The molecule has 0 aromatic heterocycles.